The molecule has 1 aromatic heterocycles. The van der Waals surface area contributed by atoms with Crippen molar-refractivity contribution in [3.05, 3.63) is 59.9 Å². The zero-order valence-electron chi connectivity index (χ0n) is 9.76. The molecule has 88 valence electrons. The normalized spacial score (nSPS) is 10.4. The number of nitrogens with one attached hydrogen (secondary N) is 1. The van der Waals surface area contributed by atoms with E-state index >= 15 is 0 Å². The first kappa shape index (κ1) is 11.6. The van der Waals surface area contributed by atoms with Crippen LogP contribution in [0.5, 0.6) is 0 Å². The molecular weight excluding hydrogens is 210 g/mol. The van der Waals surface area contributed by atoms with E-state index in [-0.39, 0.29) is 0 Å². The Kier molecular flexibility index (Phi) is 4.11. The summed E-state index contributed by atoms with van der Waals surface area (Å²) in [5, 5.41) is 3.39. The van der Waals surface area contributed by atoms with E-state index in [0.29, 0.717) is 0 Å². The Labute approximate surface area is 102 Å². The van der Waals surface area contributed by atoms with E-state index in [1.807, 2.05) is 48.7 Å². The molecule has 0 saturated heterocycles. The van der Waals surface area contributed by atoms with Crippen LogP contribution in [-0.4, -0.2) is 11.5 Å². The molecule has 0 aliphatic carbocycles. The fraction of sp³-hybridized carbons (Fsp3) is 0.214. The van der Waals surface area contributed by atoms with Crippen molar-refractivity contribution in [2.75, 3.05) is 12.3 Å². The highest BCUT2D eigenvalue weighted by atomic mass is 14.8. The molecule has 0 spiro atoms. The zero-order chi connectivity index (χ0) is 11.9. The maximum absolute atomic E-state index is 5.63. The number of rotatable bonds is 5. The zero-order valence-corrected chi connectivity index (χ0v) is 9.76. The summed E-state index contributed by atoms with van der Waals surface area (Å²) in [4.78, 5) is 4.28. The molecule has 0 unspecified atom stereocenters. The maximum Gasteiger partial charge on any atom is 0.0416 e. The quantitative estimate of drug-likeness (QED) is 0.606. The Morgan fingerprint density at radius 1 is 1.06 bits per heavy atom. The van der Waals surface area contributed by atoms with Gasteiger partial charge in [0, 0.05) is 37.1 Å². The molecule has 1 aromatic carbocycles. The number of hydrogen-bond donors (Lipinski definition) is 2. The molecule has 3 nitrogen and oxygen atoms in total. The SMILES string of the molecule is Nc1ccc(CNCCc2ccccn2)cc1. The lowest BCUT2D eigenvalue weighted by molar-refractivity contribution is 0.680. The highest BCUT2D eigenvalue weighted by Crippen LogP contribution is 2.04. The second-order valence-electron chi connectivity index (χ2n) is 3.99. The van der Waals surface area contributed by atoms with E-state index in [1.165, 1.54) is 5.56 Å². The molecule has 3 N–H and O–H groups in total. The van der Waals surface area contributed by atoms with E-state index in [2.05, 4.69) is 10.3 Å². The summed E-state index contributed by atoms with van der Waals surface area (Å²) >= 11 is 0. The monoisotopic (exact) mass is 227 g/mol. The van der Waals surface area contributed by atoms with E-state index in [4.69, 9.17) is 5.73 Å². The van der Waals surface area contributed by atoms with Gasteiger partial charge in [-0.3, -0.25) is 4.98 Å². The van der Waals surface area contributed by atoms with Crippen LogP contribution in [0.3, 0.4) is 0 Å². The van der Waals surface area contributed by atoms with Gasteiger partial charge in [-0.2, -0.15) is 0 Å². The summed E-state index contributed by atoms with van der Waals surface area (Å²) in [5.41, 5.74) is 8.81. The van der Waals surface area contributed by atoms with Crippen molar-refractivity contribution in [2.45, 2.75) is 13.0 Å². The Morgan fingerprint density at radius 3 is 2.59 bits per heavy atom. The largest absolute Gasteiger partial charge is 0.399 e. The van der Waals surface area contributed by atoms with Gasteiger partial charge in [0.1, 0.15) is 0 Å². The van der Waals surface area contributed by atoms with Crippen LogP contribution in [0.1, 0.15) is 11.3 Å². The average molecular weight is 227 g/mol. The van der Waals surface area contributed by atoms with Gasteiger partial charge in [-0.1, -0.05) is 18.2 Å². The molecule has 0 amide bonds. The standard InChI is InChI=1S/C14H17N3/c15-13-6-4-12(5-7-13)11-16-10-8-14-3-1-2-9-17-14/h1-7,9,16H,8,10-11,15H2. The third-order valence-electron chi connectivity index (χ3n) is 2.59. The Bertz CT molecular complexity index is 437. The minimum Gasteiger partial charge on any atom is -0.399 e. The molecule has 0 saturated carbocycles. The Balaban J connectivity index is 1.71. The number of hydrogen-bond acceptors (Lipinski definition) is 3. The van der Waals surface area contributed by atoms with E-state index < -0.39 is 0 Å². The smallest absolute Gasteiger partial charge is 0.0416 e. The summed E-state index contributed by atoms with van der Waals surface area (Å²) in [7, 11) is 0. The Morgan fingerprint density at radius 2 is 1.88 bits per heavy atom. The van der Waals surface area contributed by atoms with Crippen molar-refractivity contribution < 1.29 is 0 Å². The number of nitrogens with two attached hydrogens (primary N) is 1. The summed E-state index contributed by atoms with van der Waals surface area (Å²) in [6.07, 6.45) is 2.78. The predicted molar refractivity (Wildman–Crippen MR) is 70.5 cm³/mol. The highest BCUT2D eigenvalue weighted by molar-refractivity contribution is 5.39. The Hall–Kier alpha value is -1.87. The lowest BCUT2D eigenvalue weighted by Crippen LogP contribution is -2.17. The number of anilines is 1. The fourth-order valence-electron chi connectivity index (χ4n) is 1.63. The maximum atomic E-state index is 5.63. The number of benzene rings is 1. The van der Waals surface area contributed by atoms with Gasteiger partial charge in [-0.15, -0.1) is 0 Å². The van der Waals surface area contributed by atoms with Crippen LogP contribution >= 0.6 is 0 Å². The van der Waals surface area contributed by atoms with Crippen molar-refractivity contribution in [3.8, 4) is 0 Å². The molecule has 0 aliphatic rings. The van der Waals surface area contributed by atoms with Gasteiger partial charge in [0.05, 0.1) is 0 Å². The number of pyridine rings is 1. The van der Waals surface area contributed by atoms with E-state index in [0.717, 1.165) is 30.9 Å². The molecule has 3 heteroatoms. The van der Waals surface area contributed by atoms with Crippen molar-refractivity contribution in [3.63, 3.8) is 0 Å². The van der Waals surface area contributed by atoms with Crippen LogP contribution in [-0.2, 0) is 13.0 Å². The summed E-state index contributed by atoms with van der Waals surface area (Å²) in [5.74, 6) is 0. The van der Waals surface area contributed by atoms with Crippen molar-refractivity contribution in [2.24, 2.45) is 0 Å². The number of nitrogen functional groups attached to an aromatic ring is 1. The molecule has 2 aromatic rings. The number of nitrogens with zero attached hydrogens (tertiary/aromatic N) is 1. The average Bonchev–Trinajstić information content (AvgIpc) is 2.38. The lowest BCUT2D eigenvalue weighted by Gasteiger charge is -2.05. The van der Waals surface area contributed by atoms with E-state index in [9.17, 15) is 0 Å². The van der Waals surface area contributed by atoms with Crippen LogP contribution in [0.2, 0.25) is 0 Å². The molecule has 2 rings (SSSR count). The molecule has 1 heterocycles. The summed E-state index contributed by atoms with van der Waals surface area (Å²) in [6, 6.07) is 13.9. The van der Waals surface area contributed by atoms with Crippen LogP contribution in [0.4, 0.5) is 5.69 Å². The van der Waals surface area contributed by atoms with Crippen LogP contribution in [0.25, 0.3) is 0 Å². The molecular formula is C14H17N3. The number of aromatic nitrogens is 1. The van der Waals surface area contributed by atoms with Gasteiger partial charge in [-0.05, 0) is 29.8 Å². The first-order chi connectivity index (χ1) is 8.34. The van der Waals surface area contributed by atoms with E-state index in [1.54, 1.807) is 0 Å². The van der Waals surface area contributed by atoms with Gasteiger partial charge in [0.15, 0.2) is 0 Å². The summed E-state index contributed by atoms with van der Waals surface area (Å²) < 4.78 is 0. The second-order valence-corrected chi connectivity index (χ2v) is 3.99. The van der Waals surface area contributed by atoms with Crippen molar-refractivity contribution >= 4 is 5.69 Å². The minimum absolute atomic E-state index is 0.808. The van der Waals surface area contributed by atoms with Gasteiger partial charge < -0.3 is 11.1 Å². The molecule has 0 atom stereocenters. The topological polar surface area (TPSA) is 50.9 Å². The highest BCUT2D eigenvalue weighted by Gasteiger charge is 1.94. The predicted octanol–water partition coefficient (Wildman–Crippen LogP) is 2.00. The fourth-order valence-corrected chi connectivity index (χ4v) is 1.63. The van der Waals surface area contributed by atoms with Crippen molar-refractivity contribution in [1.29, 1.82) is 0 Å². The van der Waals surface area contributed by atoms with Gasteiger partial charge in [0.25, 0.3) is 0 Å². The van der Waals surface area contributed by atoms with Crippen molar-refractivity contribution in [1.82, 2.24) is 10.3 Å². The minimum atomic E-state index is 0.808. The van der Waals surface area contributed by atoms with Gasteiger partial charge >= 0.3 is 0 Å². The third-order valence-corrected chi connectivity index (χ3v) is 2.59. The van der Waals surface area contributed by atoms with Crippen LogP contribution < -0.4 is 11.1 Å². The van der Waals surface area contributed by atoms with Crippen LogP contribution in [0, 0.1) is 0 Å². The first-order valence-corrected chi connectivity index (χ1v) is 5.79. The van der Waals surface area contributed by atoms with Crippen LogP contribution in [0.15, 0.2) is 48.7 Å². The summed E-state index contributed by atoms with van der Waals surface area (Å²) in [6.45, 7) is 1.80. The molecule has 0 radical (unpaired) electrons. The molecule has 0 bridgehead atoms. The third kappa shape index (κ3) is 3.89. The molecule has 0 fully saturated rings. The first-order valence-electron chi connectivity index (χ1n) is 5.79. The lowest BCUT2D eigenvalue weighted by atomic mass is 10.2. The molecule has 0 aliphatic heterocycles. The molecule has 17 heavy (non-hydrogen) atoms. The van der Waals surface area contributed by atoms with Gasteiger partial charge in [-0.25, -0.2) is 0 Å². The second kappa shape index (κ2) is 6.01. The van der Waals surface area contributed by atoms with Gasteiger partial charge in [0.2, 0.25) is 0 Å².